The van der Waals surface area contributed by atoms with E-state index in [9.17, 15) is 0 Å². The van der Waals surface area contributed by atoms with Crippen molar-refractivity contribution in [2.24, 2.45) is 0 Å². The SMILES string of the molecule is Cc1cc([C@H]2[C@H](c3ccccn3)NC(=S)N2Cc2ccncc2)c(C)n1-c1cccc(Cl)c1. The first-order chi connectivity index (χ1) is 16.0. The smallest absolute Gasteiger partial charge is 0.170 e. The Morgan fingerprint density at radius 2 is 1.82 bits per heavy atom. The monoisotopic (exact) mass is 473 g/mol. The van der Waals surface area contributed by atoms with Gasteiger partial charge in [0.2, 0.25) is 0 Å². The van der Waals surface area contributed by atoms with Crippen molar-refractivity contribution < 1.29 is 0 Å². The van der Waals surface area contributed by atoms with Gasteiger partial charge in [0.25, 0.3) is 0 Å². The molecule has 33 heavy (non-hydrogen) atoms. The maximum atomic E-state index is 6.31. The zero-order valence-corrected chi connectivity index (χ0v) is 20.0. The van der Waals surface area contributed by atoms with Crippen LogP contribution in [0.1, 0.15) is 40.3 Å². The summed E-state index contributed by atoms with van der Waals surface area (Å²) < 4.78 is 2.25. The maximum Gasteiger partial charge on any atom is 0.170 e. The number of rotatable bonds is 5. The third-order valence-electron chi connectivity index (χ3n) is 6.16. The van der Waals surface area contributed by atoms with Crippen LogP contribution in [0.4, 0.5) is 0 Å². The van der Waals surface area contributed by atoms with E-state index in [4.69, 9.17) is 23.8 Å². The van der Waals surface area contributed by atoms with Gasteiger partial charge in [0.05, 0.1) is 17.8 Å². The zero-order chi connectivity index (χ0) is 22.9. The van der Waals surface area contributed by atoms with Gasteiger partial charge in [-0.05, 0) is 85.7 Å². The van der Waals surface area contributed by atoms with E-state index in [-0.39, 0.29) is 12.1 Å². The van der Waals surface area contributed by atoms with Crippen molar-refractivity contribution in [3.63, 3.8) is 0 Å². The van der Waals surface area contributed by atoms with Crippen molar-refractivity contribution in [1.29, 1.82) is 0 Å². The Bertz CT molecular complexity index is 1290. The normalized spacial score (nSPS) is 17.9. The highest BCUT2D eigenvalue weighted by molar-refractivity contribution is 7.80. The molecule has 1 aliphatic heterocycles. The molecule has 1 N–H and O–H groups in total. The van der Waals surface area contributed by atoms with Crippen molar-refractivity contribution in [3.05, 3.63) is 112 Å². The van der Waals surface area contributed by atoms with Gasteiger partial charge in [0.15, 0.2) is 5.11 Å². The highest BCUT2D eigenvalue weighted by atomic mass is 35.5. The van der Waals surface area contributed by atoms with E-state index >= 15 is 0 Å². The van der Waals surface area contributed by atoms with Crippen molar-refractivity contribution in [1.82, 2.24) is 24.8 Å². The third-order valence-corrected chi connectivity index (χ3v) is 6.74. The fourth-order valence-corrected chi connectivity index (χ4v) is 5.19. The number of aromatic nitrogens is 3. The van der Waals surface area contributed by atoms with E-state index in [1.807, 2.05) is 61.1 Å². The highest BCUT2D eigenvalue weighted by Crippen LogP contribution is 2.42. The van der Waals surface area contributed by atoms with Gasteiger partial charge in [0, 0.05) is 47.2 Å². The lowest BCUT2D eigenvalue weighted by molar-refractivity contribution is 0.310. The Morgan fingerprint density at radius 3 is 2.55 bits per heavy atom. The molecule has 4 heterocycles. The van der Waals surface area contributed by atoms with Gasteiger partial charge in [-0.15, -0.1) is 0 Å². The summed E-state index contributed by atoms with van der Waals surface area (Å²) in [5.41, 5.74) is 6.69. The average molecular weight is 474 g/mol. The van der Waals surface area contributed by atoms with E-state index in [1.165, 1.54) is 5.56 Å². The molecule has 0 unspecified atom stereocenters. The van der Waals surface area contributed by atoms with Crippen LogP contribution in [0.2, 0.25) is 5.02 Å². The van der Waals surface area contributed by atoms with Crippen molar-refractivity contribution >= 4 is 28.9 Å². The molecule has 166 valence electrons. The van der Waals surface area contributed by atoms with Crippen LogP contribution in [-0.2, 0) is 6.54 Å². The van der Waals surface area contributed by atoms with Gasteiger partial charge in [-0.2, -0.15) is 0 Å². The first kappa shape index (κ1) is 21.6. The van der Waals surface area contributed by atoms with E-state index in [2.05, 4.69) is 56.8 Å². The van der Waals surface area contributed by atoms with Gasteiger partial charge in [-0.1, -0.05) is 23.7 Å². The molecule has 0 spiro atoms. The summed E-state index contributed by atoms with van der Waals surface area (Å²) >= 11 is 12.1. The largest absolute Gasteiger partial charge is 0.352 e. The van der Waals surface area contributed by atoms with Crippen LogP contribution < -0.4 is 5.32 Å². The molecule has 1 aromatic carbocycles. The molecule has 1 saturated heterocycles. The minimum Gasteiger partial charge on any atom is -0.352 e. The molecule has 5 rings (SSSR count). The Morgan fingerprint density at radius 1 is 1.00 bits per heavy atom. The van der Waals surface area contributed by atoms with Crippen molar-refractivity contribution in [2.45, 2.75) is 32.5 Å². The lowest BCUT2D eigenvalue weighted by Crippen LogP contribution is -2.29. The minimum atomic E-state index is -0.0613. The van der Waals surface area contributed by atoms with Crippen LogP contribution in [0.3, 0.4) is 0 Å². The number of pyridine rings is 2. The van der Waals surface area contributed by atoms with Gasteiger partial charge in [-0.25, -0.2) is 0 Å². The molecule has 0 bridgehead atoms. The molecule has 0 radical (unpaired) electrons. The van der Waals surface area contributed by atoms with Gasteiger partial charge >= 0.3 is 0 Å². The Hall–Kier alpha value is -3.22. The molecule has 1 fully saturated rings. The van der Waals surface area contributed by atoms with E-state index in [0.29, 0.717) is 6.54 Å². The molecule has 0 amide bonds. The van der Waals surface area contributed by atoms with E-state index < -0.39 is 0 Å². The number of hydrogen-bond acceptors (Lipinski definition) is 3. The summed E-state index contributed by atoms with van der Waals surface area (Å²) in [6.07, 6.45) is 5.47. The Labute approximate surface area is 204 Å². The summed E-state index contributed by atoms with van der Waals surface area (Å²) in [7, 11) is 0. The van der Waals surface area contributed by atoms with Crippen LogP contribution in [-0.4, -0.2) is 24.5 Å². The van der Waals surface area contributed by atoms with Crippen LogP contribution in [0.15, 0.2) is 79.3 Å². The summed E-state index contributed by atoms with van der Waals surface area (Å²) in [5.74, 6) is 0. The fourth-order valence-electron chi connectivity index (χ4n) is 4.70. The molecular weight excluding hydrogens is 450 g/mol. The summed E-state index contributed by atoms with van der Waals surface area (Å²) in [4.78, 5) is 11.1. The lowest BCUT2D eigenvalue weighted by Gasteiger charge is -2.28. The second kappa shape index (κ2) is 8.96. The number of nitrogens with one attached hydrogen (secondary N) is 1. The third kappa shape index (κ3) is 4.12. The topological polar surface area (TPSA) is 46.0 Å². The van der Waals surface area contributed by atoms with Crippen molar-refractivity contribution in [3.8, 4) is 5.69 Å². The van der Waals surface area contributed by atoms with Gasteiger partial charge < -0.3 is 14.8 Å². The number of halogens is 1. The van der Waals surface area contributed by atoms with Crippen LogP contribution in [0.5, 0.6) is 0 Å². The second-order valence-corrected chi connectivity index (χ2v) is 9.07. The summed E-state index contributed by atoms with van der Waals surface area (Å²) in [6.45, 7) is 4.97. The number of nitrogens with zero attached hydrogens (tertiary/aromatic N) is 4. The molecule has 4 aromatic rings. The molecule has 7 heteroatoms. The molecule has 2 atom stereocenters. The number of thiocarbonyl (C=S) groups is 1. The van der Waals surface area contributed by atoms with Crippen LogP contribution >= 0.6 is 23.8 Å². The predicted octanol–water partition coefficient (Wildman–Crippen LogP) is 5.71. The molecular formula is C26H24ClN5S. The first-order valence-electron chi connectivity index (χ1n) is 10.8. The average Bonchev–Trinajstić information content (AvgIpc) is 3.30. The van der Waals surface area contributed by atoms with Gasteiger partial charge in [-0.3, -0.25) is 9.97 Å². The predicted molar refractivity (Wildman–Crippen MR) is 135 cm³/mol. The standard InChI is InChI=1S/C26H24ClN5S/c1-17-14-22(18(2)32(17)21-7-5-6-20(27)15-21)25-24(23-8-3-4-11-29-23)30-26(33)31(25)16-19-9-12-28-13-10-19/h3-15,24-25H,16H2,1-2H3,(H,30,33)/t24-,25-/m0/s1. The van der Waals surface area contributed by atoms with Crippen molar-refractivity contribution in [2.75, 3.05) is 0 Å². The molecule has 0 saturated carbocycles. The summed E-state index contributed by atoms with van der Waals surface area (Å²) in [5, 5.41) is 4.98. The zero-order valence-electron chi connectivity index (χ0n) is 18.4. The first-order valence-corrected chi connectivity index (χ1v) is 11.6. The molecule has 3 aromatic heterocycles. The highest BCUT2D eigenvalue weighted by Gasteiger charge is 2.41. The number of hydrogen-bond donors (Lipinski definition) is 1. The maximum absolute atomic E-state index is 6.31. The number of aryl methyl sites for hydroxylation is 1. The Balaban J connectivity index is 1.62. The minimum absolute atomic E-state index is 0.0142. The molecule has 5 nitrogen and oxygen atoms in total. The fraction of sp³-hybridized carbons (Fsp3) is 0.192. The van der Waals surface area contributed by atoms with Crippen LogP contribution in [0.25, 0.3) is 5.69 Å². The van der Waals surface area contributed by atoms with Gasteiger partial charge in [0.1, 0.15) is 0 Å². The second-order valence-electron chi connectivity index (χ2n) is 8.25. The summed E-state index contributed by atoms with van der Waals surface area (Å²) in [6, 6.07) is 20.2. The lowest BCUT2D eigenvalue weighted by atomic mass is 9.96. The van der Waals surface area contributed by atoms with E-state index in [0.717, 1.165) is 38.5 Å². The number of benzene rings is 1. The quantitative estimate of drug-likeness (QED) is 0.376. The molecule has 0 aliphatic carbocycles. The Kier molecular flexibility index (Phi) is 5.87. The molecule has 1 aliphatic rings. The van der Waals surface area contributed by atoms with E-state index in [1.54, 1.807) is 0 Å². The van der Waals surface area contributed by atoms with Crippen LogP contribution in [0, 0.1) is 13.8 Å².